The maximum Gasteiger partial charge on any atom is 0.433 e. The van der Waals surface area contributed by atoms with Crippen molar-refractivity contribution >= 4 is 17.7 Å². The van der Waals surface area contributed by atoms with Crippen molar-refractivity contribution in [3.8, 4) is 11.3 Å². The first-order valence-electron chi connectivity index (χ1n) is 9.32. The Hall–Kier alpha value is -2.09. The Labute approximate surface area is 165 Å². The van der Waals surface area contributed by atoms with Crippen LogP contribution in [0.3, 0.4) is 0 Å². The van der Waals surface area contributed by atoms with Gasteiger partial charge in [-0.25, -0.2) is 9.97 Å². The second-order valence-electron chi connectivity index (χ2n) is 7.42. The minimum atomic E-state index is -4.58. The largest absolute Gasteiger partial charge is 0.433 e. The van der Waals surface area contributed by atoms with Gasteiger partial charge in [-0.15, -0.1) is 0 Å². The molecule has 0 spiro atoms. The zero-order chi connectivity index (χ0) is 19.7. The van der Waals surface area contributed by atoms with Crippen molar-refractivity contribution in [1.29, 1.82) is 0 Å². The molecule has 1 N–H and O–H groups in total. The Kier molecular flexibility index (Phi) is 5.31. The van der Waals surface area contributed by atoms with Crippen molar-refractivity contribution in [3.63, 3.8) is 0 Å². The quantitative estimate of drug-likeness (QED) is 0.583. The topological polar surface area (TPSA) is 54.9 Å². The normalized spacial score (nSPS) is 23.8. The predicted molar refractivity (Wildman–Crippen MR) is 101 cm³/mol. The van der Waals surface area contributed by atoms with Crippen LogP contribution in [0.4, 0.5) is 13.2 Å². The Morgan fingerprint density at radius 3 is 2.57 bits per heavy atom. The average molecular weight is 407 g/mol. The van der Waals surface area contributed by atoms with Crippen LogP contribution in [0.25, 0.3) is 11.3 Å². The third-order valence-electron chi connectivity index (χ3n) is 5.48. The summed E-state index contributed by atoms with van der Waals surface area (Å²) in [6.07, 6.45) is 0.00767. The number of fused-ring (bicyclic) bond motifs is 2. The molecule has 148 valence electrons. The summed E-state index contributed by atoms with van der Waals surface area (Å²) in [5.74, 6) is 1.09. The Bertz CT molecular complexity index is 860. The van der Waals surface area contributed by atoms with Crippen LogP contribution in [0.1, 0.15) is 31.4 Å². The highest BCUT2D eigenvalue weighted by molar-refractivity contribution is 7.99. The molecule has 1 aromatic carbocycles. The van der Waals surface area contributed by atoms with Crippen molar-refractivity contribution in [1.82, 2.24) is 15.3 Å². The summed E-state index contributed by atoms with van der Waals surface area (Å²) < 4.78 is 39.7. The molecule has 0 saturated heterocycles. The van der Waals surface area contributed by atoms with Gasteiger partial charge in [-0.2, -0.15) is 13.2 Å². The summed E-state index contributed by atoms with van der Waals surface area (Å²) in [6.45, 7) is 0. The van der Waals surface area contributed by atoms with Crippen molar-refractivity contribution < 1.29 is 18.0 Å². The SMILES string of the molecule is O=C(CSc1nc(-c2ccccc2)cc(C(F)(F)F)n1)N[C@H]1C[C@H]2CC[C@@H]1C2. The van der Waals surface area contributed by atoms with Crippen molar-refractivity contribution in [2.24, 2.45) is 11.8 Å². The smallest absolute Gasteiger partial charge is 0.352 e. The summed E-state index contributed by atoms with van der Waals surface area (Å²) in [7, 11) is 0. The molecule has 1 heterocycles. The van der Waals surface area contributed by atoms with E-state index in [0.717, 1.165) is 30.7 Å². The van der Waals surface area contributed by atoms with Crippen LogP contribution in [-0.4, -0.2) is 27.7 Å². The molecule has 2 saturated carbocycles. The van der Waals surface area contributed by atoms with Crippen LogP contribution in [0.2, 0.25) is 0 Å². The average Bonchev–Trinajstić information content (AvgIpc) is 3.29. The van der Waals surface area contributed by atoms with Gasteiger partial charge in [0.25, 0.3) is 0 Å². The Morgan fingerprint density at radius 2 is 1.93 bits per heavy atom. The van der Waals surface area contributed by atoms with E-state index in [2.05, 4.69) is 15.3 Å². The number of halogens is 3. The van der Waals surface area contributed by atoms with E-state index in [1.54, 1.807) is 30.3 Å². The molecule has 4 rings (SSSR count). The van der Waals surface area contributed by atoms with Gasteiger partial charge in [0.2, 0.25) is 5.91 Å². The number of hydrogen-bond acceptors (Lipinski definition) is 4. The second kappa shape index (κ2) is 7.73. The molecular weight excluding hydrogens is 387 g/mol. The van der Waals surface area contributed by atoms with E-state index in [9.17, 15) is 18.0 Å². The lowest BCUT2D eigenvalue weighted by molar-refractivity contribution is -0.141. The number of carbonyl (C=O) groups is 1. The number of thioether (sulfide) groups is 1. The van der Waals surface area contributed by atoms with E-state index < -0.39 is 11.9 Å². The fraction of sp³-hybridized carbons (Fsp3) is 0.450. The van der Waals surface area contributed by atoms with Crippen LogP contribution in [0.15, 0.2) is 41.6 Å². The summed E-state index contributed by atoms with van der Waals surface area (Å²) in [4.78, 5) is 20.1. The summed E-state index contributed by atoms with van der Waals surface area (Å²) in [6, 6.07) is 9.78. The van der Waals surface area contributed by atoms with E-state index in [4.69, 9.17) is 0 Å². The van der Waals surface area contributed by atoms with Crippen molar-refractivity contribution in [2.45, 2.75) is 43.1 Å². The summed E-state index contributed by atoms with van der Waals surface area (Å²) in [5.41, 5.74) is -0.236. The zero-order valence-electron chi connectivity index (χ0n) is 15.1. The first kappa shape index (κ1) is 19.2. The molecule has 1 aromatic heterocycles. The number of benzene rings is 1. The van der Waals surface area contributed by atoms with Crippen LogP contribution in [0.5, 0.6) is 0 Å². The van der Waals surface area contributed by atoms with Gasteiger partial charge in [-0.05, 0) is 37.2 Å². The van der Waals surface area contributed by atoms with Crippen LogP contribution < -0.4 is 5.32 Å². The van der Waals surface area contributed by atoms with Gasteiger partial charge >= 0.3 is 6.18 Å². The molecule has 2 fully saturated rings. The third-order valence-corrected chi connectivity index (χ3v) is 6.33. The molecule has 8 heteroatoms. The van der Waals surface area contributed by atoms with E-state index >= 15 is 0 Å². The van der Waals surface area contributed by atoms with Gasteiger partial charge in [-0.3, -0.25) is 4.79 Å². The lowest BCUT2D eigenvalue weighted by atomic mass is 9.95. The molecule has 0 radical (unpaired) electrons. The molecule has 2 bridgehead atoms. The van der Waals surface area contributed by atoms with Gasteiger partial charge in [0.15, 0.2) is 5.16 Å². The highest BCUT2D eigenvalue weighted by Gasteiger charge is 2.40. The highest BCUT2D eigenvalue weighted by atomic mass is 32.2. The number of aromatic nitrogens is 2. The summed E-state index contributed by atoms with van der Waals surface area (Å²) >= 11 is 0.937. The third kappa shape index (κ3) is 4.32. The molecule has 1 amide bonds. The molecule has 2 aliphatic rings. The van der Waals surface area contributed by atoms with Gasteiger partial charge in [0, 0.05) is 11.6 Å². The lowest BCUT2D eigenvalue weighted by Crippen LogP contribution is -2.39. The van der Waals surface area contributed by atoms with E-state index in [0.29, 0.717) is 17.4 Å². The first-order chi connectivity index (χ1) is 13.4. The van der Waals surface area contributed by atoms with Crippen LogP contribution >= 0.6 is 11.8 Å². The van der Waals surface area contributed by atoms with Gasteiger partial charge in [-0.1, -0.05) is 48.5 Å². The van der Waals surface area contributed by atoms with Crippen molar-refractivity contribution in [2.75, 3.05) is 5.75 Å². The molecule has 0 aliphatic heterocycles. The standard InChI is InChI=1S/C20H20F3N3OS/c21-20(22,23)17-10-16(13-4-2-1-3-5-13)25-19(26-17)28-11-18(27)24-15-9-12-6-7-14(15)8-12/h1-5,10,12,14-15H,6-9,11H2,(H,24,27)/t12-,14+,15-/m0/s1. The van der Waals surface area contributed by atoms with Crippen molar-refractivity contribution in [3.05, 3.63) is 42.1 Å². The lowest BCUT2D eigenvalue weighted by Gasteiger charge is -2.22. The predicted octanol–water partition coefficient (Wildman–Crippen LogP) is 4.56. The molecular formula is C20H20F3N3OS. The van der Waals surface area contributed by atoms with Crippen LogP contribution in [0, 0.1) is 11.8 Å². The fourth-order valence-corrected chi connectivity index (χ4v) is 4.86. The molecule has 2 aliphatic carbocycles. The number of amides is 1. The number of carbonyl (C=O) groups excluding carboxylic acids is 1. The molecule has 0 unspecified atom stereocenters. The Morgan fingerprint density at radius 1 is 1.14 bits per heavy atom. The number of hydrogen-bond donors (Lipinski definition) is 1. The van der Waals surface area contributed by atoms with E-state index in [1.807, 2.05) is 0 Å². The van der Waals surface area contributed by atoms with Crippen LogP contribution in [-0.2, 0) is 11.0 Å². The fourth-order valence-electron chi connectivity index (χ4n) is 4.19. The number of nitrogens with one attached hydrogen (secondary N) is 1. The highest BCUT2D eigenvalue weighted by Crippen LogP contribution is 2.44. The van der Waals surface area contributed by atoms with Gasteiger partial charge in [0.1, 0.15) is 5.69 Å². The maximum atomic E-state index is 13.2. The molecule has 4 nitrogen and oxygen atoms in total. The number of nitrogens with zero attached hydrogens (tertiary/aromatic N) is 2. The Balaban J connectivity index is 1.46. The number of alkyl halides is 3. The minimum Gasteiger partial charge on any atom is -0.352 e. The zero-order valence-corrected chi connectivity index (χ0v) is 15.9. The second-order valence-corrected chi connectivity index (χ2v) is 8.36. The van der Waals surface area contributed by atoms with Gasteiger partial charge < -0.3 is 5.32 Å². The van der Waals surface area contributed by atoms with E-state index in [-0.39, 0.29) is 28.6 Å². The molecule has 28 heavy (non-hydrogen) atoms. The summed E-state index contributed by atoms with van der Waals surface area (Å²) in [5, 5.41) is 2.99. The molecule has 2 aromatic rings. The first-order valence-corrected chi connectivity index (χ1v) is 10.3. The number of rotatable bonds is 5. The molecule has 3 atom stereocenters. The minimum absolute atomic E-state index is 0.00340. The van der Waals surface area contributed by atoms with E-state index in [1.165, 1.54) is 12.8 Å². The monoisotopic (exact) mass is 407 g/mol. The van der Waals surface area contributed by atoms with Gasteiger partial charge in [0.05, 0.1) is 11.4 Å². The maximum absolute atomic E-state index is 13.2.